The molecule has 3 aromatic rings. The van der Waals surface area contributed by atoms with Crippen molar-refractivity contribution in [1.82, 2.24) is 0 Å². The quantitative estimate of drug-likeness (QED) is 0.303. The highest BCUT2D eigenvalue weighted by Gasteiger charge is 2.56. The van der Waals surface area contributed by atoms with Gasteiger partial charge in [-0.3, -0.25) is 4.79 Å². The van der Waals surface area contributed by atoms with Crippen molar-refractivity contribution < 1.29 is 14.3 Å². The molecule has 0 aliphatic carbocycles. The fraction of sp³-hybridized carbons (Fsp3) is 0.310. The zero-order valence-corrected chi connectivity index (χ0v) is 19.5. The fourth-order valence-electron chi connectivity index (χ4n) is 4.97. The van der Waals surface area contributed by atoms with Gasteiger partial charge in [0.2, 0.25) is 0 Å². The maximum atomic E-state index is 13.5. The van der Waals surface area contributed by atoms with Gasteiger partial charge in [-0.15, -0.1) is 0 Å². The third-order valence-corrected chi connectivity index (χ3v) is 6.48. The summed E-state index contributed by atoms with van der Waals surface area (Å²) < 4.78 is 11.6. The van der Waals surface area contributed by atoms with Gasteiger partial charge in [0.05, 0.1) is 31.7 Å². The zero-order chi connectivity index (χ0) is 23.8. The lowest BCUT2D eigenvalue weighted by Crippen LogP contribution is -2.51. The normalized spacial score (nSPS) is 18.8. The van der Waals surface area contributed by atoms with Crippen LogP contribution in [0.15, 0.2) is 84.9 Å². The van der Waals surface area contributed by atoms with E-state index in [0.29, 0.717) is 26.2 Å². The van der Waals surface area contributed by atoms with Gasteiger partial charge in [-0.25, -0.2) is 0 Å². The van der Waals surface area contributed by atoms with Crippen LogP contribution in [0.25, 0.3) is 0 Å². The molecule has 0 spiro atoms. The Morgan fingerprint density at radius 3 is 2.29 bits per heavy atom. The van der Waals surface area contributed by atoms with Crippen molar-refractivity contribution in [2.24, 2.45) is 0 Å². The molecule has 0 aromatic heterocycles. The van der Waals surface area contributed by atoms with Gasteiger partial charge in [0.25, 0.3) is 0 Å². The van der Waals surface area contributed by atoms with Crippen LogP contribution in [-0.2, 0) is 32.8 Å². The molecule has 1 heterocycles. The first kappa shape index (κ1) is 23.5. The Morgan fingerprint density at radius 1 is 0.971 bits per heavy atom. The molecule has 0 saturated heterocycles. The van der Waals surface area contributed by atoms with Crippen molar-refractivity contribution >= 4 is 11.7 Å². The number of anilines is 1. The van der Waals surface area contributed by atoms with Crippen LogP contribution >= 0.6 is 0 Å². The fourth-order valence-corrected chi connectivity index (χ4v) is 4.97. The van der Waals surface area contributed by atoms with Crippen LogP contribution in [0.2, 0.25) is 0 Å². The van der Waals surface area contributed by atoms with E-state index < -0.39 is 5.41 Å². The van der Waals surface area contributed by atoms with E-state index in [1.165, 1.54) is 0 Å². The summed E-state index contributed by atoms with van der Waals surface area (Å²) in [5.41, 5.74) is 3.02. The molecule has 0 unspecified atom stereocenters. The number of hydrogen-bond donors (Lipinski definition) is 0. The number of hydrogen-bond acceptors (Lipinski definition) is 5. The summed E-state index contributed by atoms with van der Waals surface area (Å²) in [7, 11) is 0. The predicted octanol–water partition coefficient (Wildman–Crippen LogP) is 5.40. The van der Waals surface area contributed by atoms with Crippen LogP contribution in [0, 0.1) is 11.3 Å². The first-order valence-corrected chi connectivity index (χ1v) is 11.8. The van der Waals surface area contributed by atoms with Crippen LogP contribution in [0.4, 0.5) is 5.69 Å². The number of esters is 1. The number of fused-ring (bicyclic) bond motifs is 1. The number of nitriles is 1. The standard InChI is InChI=1S/C29H30N2O3/c1-2-34-28(32)29(18-19-30)25-15-9-10-16-26(25)31(21-23-11-5-3-6-12-23)27(29)17-20-33-22-24-13-7-4-8-14-24/h3-16,27H,2,17-18,20-22H2,1H3/t27-,29+/m1/s1. The van der Waals surface area contributed by atoms with Gasteiger partial charge in [0.15, 0.2) is 0 Å². The molecule has 1 aliphatic rings. The molecule has 0 saturated carbocycles. The van der Waals surface area contributed by atoms with E-state index in [2.05, 4.69) is 23.1 Å². The minimum Gasteiger partial charge on any atom is -0.465 e. The van der Waals surface area contributed by atoms with Crippen molar-refractivity contribution in [3.8, 4) is 6.07 Å². The number of benzene rings is 3. The minimum atomic E-state index is -1.06. The lowest BCUT2D eigenvalue weighted by Gasteiger charge is -2.36. The maximum Gasteiger partial charge on any atom is 0.319 e. The average Bonchev–Trinajstić information content (AvgIpc) is 3.13. The monoisotopic (exact) mass is 454 g/mol. The molecule has 1 aliphatic heterocycles. The molecule has 2 atom stereocenters. The molecule has 3 aromatic carbocycles. The predicted molar refractivity (Wildman–Crippen MR) is 132 cm³/mol. The molecule has 5 nitrogen and oxygen atoms in total. The molecular formula is C29H30N2O3. The van der Waals surface area contributed by atoms with Gasteiger partial charge in [-0.05, 0) is 36.1 Å². The van der Waals surface area contributed by atoms with Crippen LogP contribution < -0.4 is 4.90 Å². The van der Waals surface area contributed by atoms with Gasteiger partial charge < -0.3 is 14.4 Å². The maximum absolute atomic E-state index is 13.5. The van der Waals surface area contributed by atoms with Crippen molar-refractivity contribution in [2.75, 3.05) is 18.1 Å². The Morgan fingerprint density at radius 2 is 1.62 bits per heavy atom. The molecule has 0 amide bonds. The number of carbonyl (C=O) groups is 1. The molecule has 174 valence electrons. The Labute approximate surface area is 201 Å². The van der Waals surface area contributed by atoms with E-state index in [0.717, 1.165) is 22.4 Å². The SMILES string of the molecule is CCOC(=O)[C@@]1(CC#N)c2ccccc2N(Cc2ccccc2)[C@@H]1CCOCc1ccccc1. The highest BCUT2D eigenvalue weighted by atomic mass is 16.5. The number of ether oxygens (including phenoxy) is 2. The van der Waals surface area contributed by atoms with Gasteiger partial charge in [0.1, 0.15) is 5.41 Å². The number of rotatable bonds is 10. The van der Waals surface area contributed by atoms with Crippen molar-refractivity contribution in [1.29, 1.82) is 5.26 Å². The largest absolute Gasteiger partial charge is 0.465 e. The van der Waals surface area contributed by atoms with Gasteiger partial charge in [-0.1, -0.05) is 78.9 Å². The van der Waals surface area contributed by atoms with Gasteiger partial charge in [0, 0.05) is 18.8 Å². The molecule has 0 radical (unpaired) electrons. The van der Waals surface area contributed by atoms with Crippen molar-refractivity contribution in [3.05, 3.63) is 102 Å². The third-order valence-electron chi connectivity index (χ3n) is 6.48. The Balaban J connectivity index is 1.68. The number of nitrogens with zero attached hydrogens (tertiary/aromatic N) is 2. The minimum absolute atomic E-state index is 0.0531. The summed E-state index contributed by atoms with van der Waals surface area (Å²) in [5, 5.41) is 9.84. The molecule has 34 heavy (non-hydrogen) atoms. The molecule has 0 fully saturated rings. The van der Waals surface area contributed by atoms with Crippen LogP contribution in [0.3, 0.4) is 0 Å². The zero-order valence-electron chi connectivity index (χ0n) is 19.5. The second kappa shape index (κ2) is 11.0. The smallest absolute Gasteiger partial charge is 0.319 e. The average molecular weight is 455 g/mol. The summed E-state index contributed by atoms with van der Waals surface area (Å²) in [4.78, 5) is 15.8. The first-order valence-electron chi connectivity index (χ1n) is 11.8. The highest BCUT2D eigenvalue weighted by molar-refractivity contribution is 5.91. The molecule has 0 bridgehead atoms. The lowest BCUT2D eigenvalue weighted by atomic mass is 9.73. The second-order valence-corrected chi connectivity index (χ2v) is 8.50. The molecular weight excluding hydrogens is 424 g/mol. The van der Waals surface area contributed by atoms with Gasteiger partial charge in [-0.2, -0.15) is 5.26 Å². The Hall–Kier alpha value is -3.62. The Bertz CT molecular complexity index is 1130. The van der Waals surface area contributed by atoms with Crippen molar-refractivity contribution in [3.63, 3.8) is 0 Å². The summed E-state index contributed by atoms with van der Waals surface area (Å²) in [6.07, 6.45) is 0.645. The summed E-state index contributed by atoms with van der Waals surface area (Å²) in [5.74, 6) is -0.340. The topological polar surface area (TPSA) is 62.6 Å². The van der Waals surface area contributed by atoms with Crippen LogP contribution in [0.5, 0.6) is 0 Å². The van der Waals surface area contributed by atoms with E-state index in [-0.39, 0.29) is 25.0 Å². The van der Waals surface area contributed by atoms with E-state index >= 15 is 0 Å². The summed E-state index contributed by atoms with van der Waals surface area (Å²) >= 11 is 0. The van der Waals surface area contributed by atoms with Crippen molar-refractivity contribution in [2.45, 2.75) is 44.4 Å². The second-order valence-electron chi connectivity index (χ2n) is 8.50. The highest BCUT2D eigenvalue weighted by Crippen LogP contribution is 2.50. The summed E-state index contributed by atoms with van der Waals surface area (Å²) in [6.45, 7) is 3.67. The molecule has 0 N–H and O–H groups in total. The number of para-hydroxylation sites is 1. The number of carbonyl (C=O) groups excluding carboxylic acids is 1. The molecule has 5 heteroatoms. The van der Waals surface area contributed by atoms with E-state index in [9.17, 15) is 10.1 Å². The van der Waals surface area contributed by atoms with E-state index in [4.69, 9.17) is 9.47 Å². The van der Waals surface area contributed by atoms with Gasteiger partial charge >= 0.3 is 5.97 Å². The van der Waals surface area contributed by atoms with E-state index in [1.54, 1.807) is 6.92 Å². The Kier molecular flexibility index (Phi) is 7.61. The van der Waals surface area contributed by atoms with E-state index in [1.807, 2.05) is 72.8 Å². The van der Waals surface area contributed by atoms with Crippen LogP contribution in [0.1, 0.15) is 36.5 Å². The summed E-state index contributed by atoms with van der Waals surface area (Å²) in [6, 6.07) is 30.2. The molecule has 4 rings (SSSR count). The third kappa shape index (κ3) is 4.69. The lowest BCUT2D eigenvalue weighted by molar-refractivity contribution is -0.151. The van der Waals surface area contributed by atoms with Crippen LogP contribution in [-0.4, -0.2) is 25.2 Å². The first-order chi connectivity index (χ1) is 16.7.